The number of nitrogens with one attached hydrogen (secondary N) is 1. The Morgan fingerprint density at radius 1 is 1.21 bits per heavy atom. The monoisotopic (exact) mass is 392 g/mol. The number of carbonyl (C=O) groups excluding carboxylic acids is 1. The van der Waals surface area contributed by atoms with Crippen LogP contribution in [0.4, 0.5) is 5.69 Å². The highest BCUT2D eigenvalue weighted by Gasteiger charge is 2.22. The van der Waals surface area contributed by atoms with Crippen molar-refractivity contribution in [3.05, 3.63) is 28.2 Å². The van der Waals surface area contributed by atoms with Crippen molar-refractivity contribution in [1.82, 2.24) is 5.32 Å². The molecule has 2 rings (SSSR count). The lowest BCUT2D eigenvalue weighted by Gasteiger charge is -2.24. The van der Waals surface area contributed by atoms with Crippen molar-refractivity contribution < 1.29 is 13.2 Å². The first-order valence-electron chi connectivity index (χ1n) is 7.99. The van der Waals surface area contributed by atoms with Crippen LogP contribution in [0.25, 0.3) is 0 Å². The predicted octanol–water partition coefficient (Wildman–Crippen LogP) is 3.46. The van der Waals surface area contributed by atoms with Crippen LogP contribution in [-0.4, -0.2) is 33.7 Å². The van der Waals surface area contributed by atoms with Crippen LogP contribution in [-0.2, 0) is 14.8 Å². The molecule has 0 aromatic heterocycles. The predicted molar refractivity (Wildman–Crippen MR) is 98.2 cm³/mol. The summed E-state index contributed by atoms with van der Waals surface area (Å²) in [5.41, 5.74) is 0.429. The second-order valence-corrected chi connectivity index (χ2v) is 8.78. The minimum absolute atomic E-state index is 0.0114. The number of halogens is 2. The maximum absolute atomic E-state index is 12.1. The van der Waals surface area contributed by atoms with Crippen molar-refractivity contribution in [2.24, 2.45) is 5.92 Å². The third-order valence-corrected chi connectivity index (χ3v) is 6.11. The molecule has 0 saturated heterocycles. The van der Waals surface area contributed by atoms with E-state index in [1.54, 1.807) is 12.1 Å². The third kappa shape index (κ3) is 5.26. The SMILES string of the molecule is CS(=O)(=O)N(CCNC(=O)C1CCCCC1)c1ccc(Cl)c(Cl)c1. The molecule has 1 aliphatic carbocycles. The minimum atomic E-state index is -3.49. The molecule has 1 saturated carbocycles. The van der Waals surface area contributed by atoms with E-state index in [1.807, 2.05) is 0 Å². The highest BCUT2D eigenvalue weighted by Crippen LogP contribution is 2.28. The Labute approximate surface area is 153 Å². The molecule has 0 bridgehead atoms. The average molecular weight is 393 g/mol. The van der Waals surface area contributed by atoms with E-state index in [0.717, 1.165) is 31.9 Å². The summed E-state index contributed by atoms with van der Waals surface area (Å²) in [6.07, 6.45) is 6.29. The van der Waals surface area contributed by atoms with Gasteiger partial charge in [-0.2, -0.15) is 0 Å². The van der Waals surface area contributed by atoms with Crippen molar-refractivity contribution >= 4 is 44.8 Å². The van der Waals surface area contributed by atoms with E-state index in [0.29, 0.717) is 10.7 Å². The molecule has 134 valence electrons. The molecule has 1 N–H and O–H groups in total. The molecule has 1 aliphatic rings. The van der Waals surface area contributed by atoms with Crippen LogP contribution in [0.15, 0.2) is 18.2 Å². The molecule has 1 aromatic rings. The summed E-state index contributed by atoms with van der Waals surface area (Å²) in [7, 11) is -3.49. The van der Waals surface area contributed by atoms with Crippen LogP contribution in [0, 0.1) is 5.92 Å². The van der Waals surface area contributed by atoms with Crippen LogP contribution in [0.5, 0.6) is 0 Å². The van der Waals surface area contributed by atoms with Gasteiger partial charge >= 0.3 is 0 Å². The maximum Gasteiger partial charge on any atom is 0.232 e. The first-order chi connectivity index (χ1) is 11.3. The van der Waals surface area contributed by atoms with Gasteiger partial charge in [0.1, 0.15) is 0 Å². The zero-order valence-corrected chi connectivity index (χ0v) is 15.9. The molecule has 8 heteroatoms. The number of amides is 1. The highest BCUT2D eigenvalue weighted by atomic mass is 35.5. The third-order valence-electron chi connectivity index (χ3n) is 4.18. The van der Waals surface area contributed by atoms with Gasteiger partial charge in [0.15, 0.2) is 0 Å². The van der Waals surface area contributed by atoms with Crippen LogP contribution in [0.2, 0.25) is 10.0 Å². The number of carbonyl (C=O) groups is 1. The molecule has 24 heavy (non-hydrogen) atoms. The smallest absolute Gasteiger partial charge is 0.232 e. The fourth-order valence-corrected chi connectivity index (χ4v) is 4.13. The van der Waals surface area contributed by atoms with E-state index in [1.165, 1.54) is 16.8 Å². The Morgan fingerprint density at radius 2 is 1.88 bits per heavy atom. The highest BCUT2D eigenvalue weighted by molar-refractivity contribution is 7.92. The van der Waals surface area contributed by atoms with E-state index in [4.69, 9.17) is 23.2 Å². The van der Waals surface area contributed by atoms with Crippen molar-refractivity contribution in [2.45, 2.75) is 32.1 Å². The number of rotatable bonds is 6. The molecule has 1 fully saturated rings. The zero-order valence-electron chi connectivity index (χ0n) is 13.6. The normalized spacial score (nSPS) is 16.0. The number of nitrogens with zero attached hydrogens (tertiary/aromatic N) is 1. The molecule has 0 unspecified atom stereocenters. The van der Waals surface area contributed by atoms with Crippen molar-refractivity contribution in [3.63, 3.8) is 0 Å². The van der Waals surface area contributed by atoms with E-state index in [2.05, 4.69) is 5.32 Å². The molecule has 0 heterocycles. The van der Waals surface area contributed by atoms with Gasteiger partial charge in [-0.15, -0.1) is 0 Å². The number of sulfonamides is 1. The quantitative estimate of drug-likeness (QED) is 0.805. The Hall–Kier alpha value is -0.980. The van der Waals surface area contributed by atoms with Gasteiger partial charge in [0, 0.05) is 12.5 Å². The van der Waals surface area contributed by atoms with E-state index in [-0.39, 0.29) is 29.9 Å². The summed E-state index contributed by atoms with van der Waals surface area (Å²) in [5.74, 6) is 0.0627. The average Bonchev–Trinajstić information content (AvgIpc) is 2.54. The molecule has 1 amide bonds. The summed E-state index contributed by atoms with van der Waals surface area (Å²) >= 11 is 11.8. The Balaban J connectivity index is 1.99. The lowest BCUT2D eigenvalue weighted by molar-refractivity contribution is -0.125. The molecule has 0 aliphatic heterocycles. The lowest BCUT2D eigenvalue weighted by Crippen LogP contribution is -2.40. The van der Waals surface area contributed by atoms with Gasteiger partial charge in [-0.25, -0.2) is 8.42 Å². The summed E-state index contributed by atoms with van der Waals surface area (Å²) in [6, 6.07) is 4.66. The van der Waals surface area contributed by atoms with Crippen molar-refractivity contribution in [3.8, 4) is 0 Å². The summed E-state index contributed by atoms with van der Waals surface area (Å²) in [6.45, 7) is 0.401. The fraction of sp³-hybridized carbons (Fsp3) is 0.562. The fourth-order valence-electron chi connectivity index (χ4n) is 2.92. The standard InChI is InChI=1S/C16H22Cl2N2O3S/c1-24(22,23)20(13-7-8-14(17)15(18)11-13)10-9-19-16(21)12-5-3-2-4-6-12/h7-8,11-12H,2-6,9-10H2,1H3,(H,19,21). The number of benzene rings is 1. The maximum atomic E-state index is 12.1. The molecule has 0 spiro atoms. The van der Waals surface area contributed by atoms with Crippen molar-refractivity contribution in [2.75, 3.05) is 23.7 Å². The molecular formula is C16H22Cl2N2O3S. The summed E-state index contributed by atoms with van der Waals surface area (Å²) < 4.78 is 25.3. The molecule has 1 aromatic carbocycles. The van der Waals surface area contributed by atoms with Gasteiger partial charge in [0.05, 0.1) is 28.5 Å². The van der Waals surface area contributed by atoms with E-state index in [9.17, 15) is 13.2 Å². The summed E-state index contributed by atoms with van der Waals surface area (Å²) in [4.78, 5) is 12.1. The van der Waals surface area contributed by atoms with Crippen LogP contribution >= 0.6 is 23.2 Å². The van der Waals surface area contributed by atoms with Gasteiger partial charge in [-0.3, -0.25) is 9.10 Å². The van der Waals surface area contributed by atoms with Crippen LogP contribution in [0.1, 0.15) is 32.1 Å². The van der Waals surface area contributed by atoms with Gasteiger partial charge in [-0.05, 0) is 31.0 Å². The molecular weight excluding hydrogens is 371 g/mol. The first-order valence-corrected chi connectivity index (χ1v) is 10.6. The van der Waals surface area contributed by atoms with Gasteiger partial charge < -0.3 is 5.32 Å². The Bertz CT molecular complexity index is 689. The van der Waals surface area contributed by atoms with Crippen LogP contribution < -0.4 is 9.62 Å². The second kappa shape index (κ2) is 8.41. The van der Waals surface area contributed by atoms with Gasteiger partial charge in [0.2, 0.25) is 15.9 Å². The zero-order chi connectivity index (χ0) is 17.7. The number of hydrogen-bond donors (Lipinski definition) is 1. The first kappa shape index (κ1) is 19.3. The molecule has 0 atom stereocenters. The Kier molecular flexibility index (Phi) is 6.78. The summed E-state index contributed by atoms with van der Waals surface area (Å²) in [5, 5.41) is 3.49. The van der Waals surface area contributed by atoms with Gasteiger partial charge in [0.25, 0.3) is 0 Å². The largest absolute Gasteiger partial charge is 0.354 e. The van der Waals surface area contributed by atoms with Crippen LogP contribution in [0.3, 0.4) is 0 Å². The Morgan fingerprint density at radius 3 is 2.46 bits per heavy atom. The van der Waals surface area contributed by atoms with Crippen molar-refractivity contribution in [1.29, 1.82) is 0 Å². The van der Waals surface area contributed by atoms with E-state index < -0.39 is 10.0 Å². The topological polar surface area (TPSA) is 66.5 Å². The number of hydrogen-bond acceptors (Lipinski definition) is 3. The molecule has 0 radical (unpaired) electrons. The number of anilines is 1. The van der Waals surface area contributed by atoms with Gasteiger partial charge in [-0.1, -0.05) is 42.5 Å². The van der Waals surface area contributed by atoms with E-state index >= 15 is 0 Å². The molecule has 5 nitrogen and oxygen atoms in total. The lowest BCUT2D eigenvalue weighted by atomic mass is 9.89. The minimum Gasteiger partial charge on any atom is -0.354 e. The second-order valence-electron chi connectivity index (χ2n) is 6.06.